The Balaban J connectivity index is 1.79. The minimum Gasteiger partial charge on any atom is -0.326 e. The summed E-state index contributed by atoms with van der Waals surface area (Å²) in [5, 5.41) is 7.06. The van der Waals surface area contributed by atoms with Gasteiger partial charge in [-0.3, -0.25) is 9.59 Å². The number of rotatable bonds is 9. The lowest BCUT2D eigenvalue weighted by molar-refractivity contribution is -0.121. The first-order chi connectivity index (χ1) is 11.6. The summed E-state index contributed by atoms with van der Waals surface area (Å²) in [7, 11) is 0. The van der Waals surface area contributed by atoms with Crippen LogP contribution in [0.5, 0.6) is 0 Å². The molecule has 0 atom stereocenters. The van der Waals surface area contributed by atoms with Crippen LogP contribution >= 0.6 is 0 Å². The largest absolute Gasteiger partial charge is 0.326 e. The van der Waals surface area contributed by atoms with Crippen molar-refractivity contribution in [1.29, 1.82) is 0 Å². The van der Waals surface area contributed by atoms with Crippen LogP contribution in [0.1, 0.15) is 64.4 Å². The predicted octanol–water partition coefficient (Wildman–Crippen LogP) is 3.85. The number of nitrogens with one attached hydrogen (secondary N) is 2. The van der Waals surface area contributed by atoms with Gasteiger partial charge in [0.05, 0.1) is 5.71 Å². The summed E-state index contributed by atoms with van der Waals surface area (Å²) >= 11 is 0. The Morgan fingerprint density at radius 3 is 2.46 bits per heavy atom. The number of carbonyl (C=O) groups is 2. The van der Waals surface area contributed by atoms with E-state index in [2.05, 4.69) is 22.8 Å². The maximum atomic E-state index is 11.7. The molecule has 0 spiro atoms. The number of nitrogens with zero attached hydrogens (tertiary/aromatic N) is 1. The molecule has 0 heterocycles. The van der Waals surface area contributed by atoms with Gasteiger partial charge in [0.15, 0.2) is 0 Å². The SMILES string of the molecule is CCCCCCC(=O)NN=C(C)c1ccc(NC(=O)C2CC2)cc1. The monoisotopic (exact) mass is 329 g/mol. The van der Waals surface area contributed by atoms with E-state index < -0.39 is 0 Å². The van der Waals surface area contributed by atoms with Gasteiger partial charge in [0.25, 0.3) is 0 Å². The van der Waals surface area contributed by atoms with Gasteiger partial charge in [0, 0.05) is 18.0 Å². The molecule has 1 aromatic rings. The van der Waals surface area contributed by atoms with Crippen molar-refractivity contribution in [3.05, 3.63) is 29.8 Å². The second-order valence-corrected chi connectivity index (χ2v) is 6.38. The molecule has 1 aliphatic carbocycles. The molecular weight excluding hydrogens is 302 g/mol. The van der Waals surface area contributed by atoms with Crippen LogP contribution in [0.25, 0.3) is 0 Å². The van der Waals surface area contributed by atoms with Crippen molar-refractivity contribution in [3.63, 3.8) is 0 Å². The molecule has 5 heteroatoms. The van der Waals surface area contributed by atoms with E-state index in [-0.39, 0.29) is 17.7 Å². The molecule has 5 nitrogen and oxygen atoms in total. The van der Waals surface area contributed by atoms with Gasteiger partial charge >= 0.3 is 0 Å². The smallest absolute Gasteiger partial charge is 0.240 e. The normalized spacial score (nSPS) is 14.3. The molecule has 1 aromatic carbocycles. The Morgan fingerprint density at radius 2 is 1.83 bits per heavy atom. The fourth-order valence-corrected chi connectivity index (χ4v) is 2.36. The lowest BCUT2D eigenvalue weighted by Gasteiger charge is -2.06. The summed E-state index contributed by atoms with van der Waals surface area (Å²) in [6.45, 7) is 4.01. The predicted molar refractivity (Wildman–Crippen MR) is 96.9 cm³/mol. The third-order valence-corrected chi connectivity index (χ3v) is 4.12. The topological polar surface area (TPSA) is 70.6 Å². The second-order valence-electron chi connectivity index (χ2n) is 6.38. The van der Waals surface area contributed by atoms with Gasteiger partial charge < -0.3 is 5.32 Å². The van der Waals surface area contributed by atoms with Crippen LogP contribution in [-0.4, -0.2) is 17.5 Å². The molecule has 1 saturated carbocycles. The number of hydrazone groups is 1. The summed E-state index contributed by atoms with van der Waals surface area (Å²) in [5.41, 5.74) is 5.07. The van der Waals surface area contributed by atoms with Crippen molar-refractivity contribution in [1.82, 2.24) is 5.43 Å². The van der Waals surface area contributed by atoms with E-state index in [1.807, 2.05) is 31.2 Å². The van der Waals surface area contributed by atoms with E-state index in [0.717, 1.165) is 49.1 Å². The second kappa shape index (κ2) is 9.21. The fraction of sp³-hybridized carbons (Fsp3) is 0.526. The molecule has 0 aliphatic heterocycles. The highest BCUT2D eigenvalue weighted by Gasteiger charge is 2.29. The van der Waals surface area contributed by atoms with Crippen LogP contribution < -0.4 is 10.7 Å². The molecule has 130 valence electrons. The first-order valence-electron chi connectivity index (χ1n) is 8.84. The van der Waals surface area contributed by atoms with Crippen LogP contribution in [0, 0.1) is 5.92 Å². The Labute approximate surface area is 143 Å². The fourth-order valence-electron chi connectivity index (χ4n) is 2.36. The number of anilines is 1. The molecule has 1 fully saturated rings. The van der Waals surface area contributed by atoms with Crippen molar-refractivity contribution in [2.45, 2.75) is 58.8 Å². The molecule has 0 unspecified atom stereocenters. The minimum absolute atomic E-state index is 0.0428. The van der Waals surface area contributed by atoms with Crippen LogP contribution in [0.15, 0.2) is 29.4 Å². The van der Waals surface area contributed by atoms with Gasteiger partial charge in [0.2, 0.25) is 11.8 Å². The minimum atomic E-state index is -0.0428. The van der Waals surface area contributed by atoms with Crippen molar-refractivity contribution in [2.24, 2.45) is 11.0 Å². The highest BCUT2D eigenvalue weighted by atomic mass is 16.2. The van der Waals surface area contributed by atoms with E-state index in [1.165, 1.54) is 6.42 Å². The molecule has 2 amide bonds. The highest BCUT2D eigenvalue weighted by Crippen LogP contribution is 2.30. The molecule has 1 aliphatic rings. The highest BCUT2D eigenvalue weighted by molar-refractivity contribution is 6.00. The van der Waals surface area contributed by atoms with E-state index in [4.69, 9.17) is 0 Å². The molecule has 2 rings (SSSR count). The molecule has 0 radical (unpaired) electrons. The lowest BCUT2D eigenvalue weighted by atomic mass is 10.1. The number of benzene rings is 1. The van der Waals surface area contributed by atoms with Crippen LogP contribution in [0.3, 0.4) is 0 Å². The van der Waals surface area contributed by atoms with Gasteiger partial charge in [-0.25, -0.2) is 5.43 Å². The number of unbranched alkanes of at least 4 members (excludes halogenated alkanes) is 3. The number of hydrogen-bond acceptors (Lipinski definition) is 3. The maximum Gasteiger partial charge on any atom is 0.240 e. The van der Waals surface area contributed by atoms with Gasteiger partial charge in [-0.2, -0.15) is 5.10 Å². The van der Waals surface area contributed by atoms with E-state index in [1.54, 1.807) is 0 Å². The van der Waals surface area contributed by atoms with E-state index in [9.17, 15) is 9.59 Å². The average molecular weight is 329 g/mol. The van der Waals surface area contributed by atoms with Gasteiger partial charge in [-0.15, -0.1) is 0 Å². The molecule has 2 N–H and O–H groups in total. The zero-order chi connectivity index (χ0) is 17.4. The zero-order valence-electron chi connectivity index (χ0n) is 14.6. The molecular formula is C19H27N3O2. The van der Waals surface area contributed by atoms with Crippen LogP contribution in [0.2, 0.25) is 0 Å². The van der Waals surface area contributed by atoms with Gasteiger partial charge in [-0.05, 0) is 43.9 Å². The lowest BCUT2D eigenvalue weighted by Crippen LogP contribution is -2.18. The quantitative estimate of drug-likeness (QED) is 0.410. The van der Waals surface area contributed by atoms with E-state index in [0.29, 0.717) is 6.42 Å². The van der Waals surface area contributed by atoms with E-state index >= 15 is 0 Å². The van der Waals surface area contributed by atoms with Crippen LogP contribution in [0.4, 0.5) is 5.69 Å². The number of carbonyl (C=O) groups excluding carboxylic acids is 2. The Morgan fingerprint density at radius 1 is 1.12 bits per heavy atom. The summed E-state index contributed by atoms with van der Waals surface area (Å²) in [5.74, 6) is 0.253. The Hall–Kier alpha value is -2.17. The van der Waals surface area contributed by atoms with Gasteiger partial charge in [-0.1, -0.05) is 38.3 Å². The van der Waals surface area contributed by atoms with Crippen molar-refractivity contribution in [2.75, 3.05) is 5.32 Å². The first-order valence-corrected chi connectivity index (χ1v) is 8.84. The molecule has 24 heavy (non-hydrogen) atoms. The molecule has 0 saturated heterocycles. The summed E-state index contributed by atoms with van der Waals surface area (Å²) < 4.78 is 0. The maximum absolute atomic E-state index is 11.7. The summed E-state index contributed by atoms with van der Waals surface area (Å²) in [6.07, 6.45) is 6.82. The zero-order valence-corrected chi connectivity index (χ0v) is 14.6. The molecule has 0 bridgehead atoms. The number of amides is 2. The van der Waals surface area contributed by atoms with Crippen molar-refractivity contribution >= 4 is 23.2 Å². The summed E-state index contributed by atoms with van der Waals surface area (Å²) in [4.78, 5) is 23.4. The Bertz CT molecular complexity index is 589. The van der Waals surface area contributed by atoms with Gasteiger partial charge in [0.1, 0.15) is 0 Å². The van der Waals surface area contributed by atoms with Crippen molar-refractivity contribution in [3.8, 4) is 0 Å². The third kappa shape index (κ3) is 6.14. The molecule has 0 aromatic heterocycles. The Kier molecular flexibility index (Phi) is 6.97. The standard InChI is InChI=1S/C19H27N3O2/c1-3-4-5-6-7-18(23)22-21-14(2)15-10-12-17(13-11-15)20-19(24)16-8-9-16/h10-13,16H,3-9H2,1-2H3,(H,20,24)(H,22,23). The van der Waals surface area contributed by atoms with Crippen LogP contribution in [-0.2, 0) is 9.59 Å². The first kappa shape index (κ1) is 18.2. The van der Waals surface area contributed by atoms with Crippen molar-refractivity contribution < 1.29 is 9.59 Å². The summed E-state index contributed by atoms with van der Waals surface area (Å²) in [6, 6.07) is 7.52. The average Bonchev–Trinajstić information content (AvgIpc) is 3.42. The third-order valence-electron chi connectivity index (χ3n) is 4.12. The number of hydrogen-bond donors (Lipinski definition) is 2.